The highest BCUT2D eigenvalue weighted by molar-refractivity contribution is 7.09. The third-order valence-corrected chi connectivity index (χ3v) is 5.11. The number of benzene rings is 1. The molecule has 4 nitrogen and oxygen atoms in total. The molecule has 5 heteroatoms. The predicted octanol–water partition coefficient (Wildman–Crippen LogP) is 3.89. The number of likely N-dealkylation sites (tertiary alicyclic amines) is 1. The third kappa shape index (κ3) is 4.24. The van der Waals surface area contributed by atoms with Crippen molar-refractivity contribution in [3.05, 3.63) is 40.3 Å². The van der Waals surface area contributed by atoms with Crippen molar-refractivity contribution in [2.24, 2.45) is 0 Å². The molecule has 124 valence electrons. The van der Waals surface area contributed by atoms with Crippen LogP contribution in [0.3, 0.4) is 0 Å². The summed E-state index contributed by atoms with van der Waals surface area (Å²) in [6.45, 7) is 7.90. The van der Waals surface area contributed by atoms with Gasteiger partial charge in [-0.3, -0.25) is 4.90 Å². The topological polar surface area (TPSA) is 34.6 Å². The van der Waals surface area contributed by atoms with Crippen LogP contribution in [0.2, 0.25) is 0 Å². The lowest BCUT2D eigenvalue weighted by atomic mass is 10.1. The predicted molar refractivity (Wildman–Crippen MR) is 93.4 cm³/mol. The van der Waals surface area contributed by atoms with Crippen molar-refractivity contribution in [2.45, 2.75) is 39.3 Å². The Balaban J connectivity index is 1.52. The minimum atomic E-state index is 0.274. The van der Waals surface area contributed by atoms with E-state index in [0.717, 1.165) is 44.0 Å². The first-order chi connectivity index (χ1) is 11.3. The molecule has 0 spiro atoms. The second kappa shape index (κ2) is 7.79. The van der Waals surface area contributed by atoms with E-state index in [2.05, 4.69) is 16.8 Å². The van der Waals surface area contributed by atoms with Gasteiger partial charge in [0.1, 0.15) is 6.10 Å². The van der Waals surface area contributed by atoms with E-state index in [1.54, 1.807) is 11.3 Å². The molecule has 0 atom stereocenters. The lowest BCUT2D eigenvalue weighted by Gasteiger charge is -2.32. The fourth-order valence-corrected chi connectivity index (χ4v) is 3.69. The Morgan fingerprint density at radius 2 is 1.96 bits per heavy atom. The number of para-hydroxylation sites is 2. The minimum absolute atomic E-state index is 0.274. The third-order valence-electron chi connectivity index (χ3n) is 4.19. The molecule has 1 aliphatic heterocycles. The highest BCUT2D eigenvalue weighted by Gasteiger charge is 2.22. The van der Waals surface area contributed by atoms with Crippen molar-refractivity contribution in [2.75, 3.05) is 19.7 Å². The van der Waals surface area contributed by atoms with E-state index in [1.807, 2.05) is 36.7 Å². The Hall–Kier alpha value is -1.59. The molecule has 1 aliphatic rings. The first kappa shape index (κ1) is 16.3. The lowest BCUT2D eigenvalue weighted by Crippen LogP contribution is -2.37. The van der Waals surface area contributed by atoms with Gasteiger partial charge in [0.2, 0.25) is 0 Å². The molecule has 0 N–H and O–H groups in total. The molecule has 0 saturated carbocycles. The number of thiazole rings is 1. The van der Waals surface area contributed by atoms with Crippen LogP contribution in [-0.2, 0) is 6.54 Å². The molecule has 0 radical (unpaired) electrons. The van der Waals surface area contributed by atoms with Crippen LogP contribution in [0.1, 0.15) is 30.3 Å². The Morgan fingerprint density at radius 1 is 1.22 bits per heavy atom. The van der Waals surface area contributed by atoms with Crippen LogP contribution in [0, 0.1) is 6.92 Å². The maximum atomic E-state index is 6.18. The highest BCUT2D eigenvalue weighted by Crippen LogP contribution is 2.29. The monoisotopic (exact) mass is 332 g/mol. The average molecular weight is 332 g/mol. The molecule has 1 aromatic carbocycles. The summed E-state index contributed by atoms with van der Waals surface area (Å²) in [4.78, 5) is 8.21. The SMILES string of the molecule is CCOc1ccccc1OC1CCN(Cc2scnc2C)CC1. The van der Waals surface area contributed by atoms with Crippen LogP contribution < -0.4 is 9.47 Å². The Morgan fingerprint density at radius 3 is 2.61 bits per heavy atom. The van der Waals surface area contributed by atoms with Gasteiger partial charge in [0, 0.05) is 24.5 Å². The molecule has 1 aromatic heterocycles. The maximum absolute atomic E-state index is 6.18. The van der Waals surface area contributed by atoms with Crippen LogP contribution in [0.4, 0.5) is 0 Å². The fraction of sp³-hybridized carbons (Fsp3) is 0.500. The smallest absolute Gasteiger partial charge is 0.161 e. The van der Waals surface area contributed by atoms with Crippen LogP contribution in [-0.4, -0.2) is 35.7 Å². The molecular weight excluding hydrogens is 308 g/mol. The van der Waals surface area contributed by atoms with Crippen LogP contribution in [0.25, 0.3) is 0 Å². The van der Waals surface area contributed by atoms with Gasteiger partial charge in [0.05, 0.1) is 17.8 Å². The molecule has 0 unspecified atom stereocenters. The number of hydrogen-bond acceptors (Lipinski definition) is 5. The van der Waals surface area contributed by atoms with Gasteiger partial charge in [0.15, 0.2) is 11.5 Å². The van der Waals surface area contributed by atoms with Crippen molar-refractivity contribution in [1.82, 2.24) is 9.88 Å². The fourth-order valence-electron chi connectivity index (χ4n) is 2.87. The second-order valence-corrected chi connectivity index (χ2v) is 6.77. The van der Waals surface area contributed by atoms with E-state index in [9.17, 15) is 0 Å². The van der Waals surface area contributed by atoms with Gasteiger partial charge in [-0.2, -0.15) is 0 Å². The van der Waals surface area contributed by atoms with Crippen molar-refractivity contribution in [3.63, 3.8) is 0 Å². The van der Waals surface area contributed by atoms with E-state index >= 15 is 0 Å². The molecule has 1 fully saturated rings. The van der Waals surface area contributed by atoms with Crippen LogP contribution in [0.5, 0.6) is 11.5 Å². The number of nitrogens with zero attached hydrogens (tertiary/aromatic N) is 2. The summed E-state index contributed by atoms with van der Waals surface area (Å²) in [5.41, 5.74) is 3.10. The Labute approximate surface area is 142 Å². The van der Waals surface area contributed by atoms with Crippen LogP contribution >= 0.6 is 11.3 Å². The van der Waals surface area contributed by atoms with Gasteiger partial charge in [-0.1, -0.05) is 12.1 Å². The first-order valence-corrected chi connectivity index (χ1v) is 9.14. The first-order valence-electron chi connectivity index (χ1n) is 8.26. The van der Waals surface area contributed by atoms with Crippen molar-refractivity contribution in [1.29, 1.82) is 0 Å². The summed E-state index contributed by atoms with van der Waals surface area (Å²) in [5.74, 6) is 1.71. The second-order valence-electron chi connectivity index (χ2n) is 5.83. The summed E-state index contributed by atoms with van der Waals surface area (Å²) < 4.78 is 11.8. The van der Waals surface area contributed by atoms with Gasteiger partial charge < -0.3 is 9.47 Å². The summed E-state index contributed by atoms with van der Waals surface area (Å²) in [6, 6.07) is 7.95. The van der Waals surface area contributed by atoms with Gasteiger partial charge in [-0.15, -0.1) is 11.3 Å². The van der Waals surface area contributed by atoms with E-state index < -0.39 is 0 Å². The molecule has 0 amide bonds. The molecule has 1 saturated heterocycles. The van der Waals surface area contributed by atoms with Gasteiger partial charge in [-0.25, -0.2) is 4.98 Å². The quantitative estimate of drug-likeness (QED) is 0.804. The van der Waals surface area contributed by atoms with Gasteiger partial charge in [0.25, 0.3) is 0 Å². The molecule has 2 heterocycles. The normalized spacial score (nSPS) is 16.4. The van der Waals surface area contributed by atoms with Crippen molar-refractivity contribution < 1.29 is 9.47 Å². The summed E-state index contributed by atoms with van der Waals surface area (Å²) in [7, 11) is 0. The number of hydrogen-bond donors (Lipinski definition) is 0. The molecule has 0 aliphatic carbocycles. The molecule has 23 heavy (non-hydrogen) atoms. The number of ether oxygens (including phenoxy) is 2. The van der Waals surface area contributed by atoms with E-state index in [0.29, 0.717) is 6.61 Å². The Bertz CT molecular complexity index is 621. The molecular formula is C18H24N2O2S. The van der Waals surface area contributed by atoms with E-state index in [4.69, 9.17) is 9.47 Å². The average Bonchev–Trinajstić information content (AvgIpc) is 2.96. The van der Waals surface area contributed by atoms with Crippen molar-refractivity contribution >= 4 is 11.3 Å². The van der Waals surface area contributed by atoms with E-state index in [-0.39, 0.29) is 6.10 Å². The molecule has 3 rings (SSSR count). The summed E-state index contributed by atoms with van der Waals surface area (Å²) >= 11 is 1.75. The van der Waals surface area contributed by atoms with Crippen LogP contribution in [0.15, 0.2) is 29.8 Å². The Kier molecular flexibility index (Phi) is 5.51. The minimum Gasteiger partial charge on any atom is -0.490 e. The standard InChI is InChI=1S/C18H24N2O2S/c1-3-21-16-6-4-5-7-17(16)22-15-8-10-20(11-9-15)12-18-14(2)19-13-23-18/h4-7,13,15H,3,8-12H2,1-2H3. The zero-order valence-electron chi connectivity index (χ0n) is 13.8. The van der Waals surface area contributed by atoms with Gasteiger partial charge in [-0.05, 0) is 38.8 Å². The van der Waals surface area contributed by atoms with Gasteiger partial charge >= 0.3 is 0 Å². The number of piperidine rings is 1. The summed E-state index contributed by atoms with van der Waals surface area (Å²) in [5, 5.41) is 0. The summed E-state index contributed by atoms with van der Waals surface area (Å²) in [6.07, 6.45) is 2.38. The highest BCUT2D eigenvalue weighted by atomic mass is 32.1. The zero-order valence-corrected chi connectivity index (χ0v) is 14.6. The largest absolute Gasteiger partial charge is 0.490 e. The number of rotatable bonds is 6. The zero-order chi connectivity index (χ0) is 16.1. The maximum Gasteiger partial charge on any atom is 0.161 e. The lowest BCUT2D eigenvalue weighted by molar-refractivity contribution is 0.0941. The molecule has 0 bridgehead atoms. The molecule has 2 aromatic rings. The van der Waals surface area contributed by atoms with Crippen molar-refractivity contribution in [3.8, 4) is 11.5 Å². The number of aryl methyl sites for hydroxylation is 1. The van der Waals surface area contributed by atoms with E-state index in [1.165, 1.54) is 10.6 Å². The number of aromatic nitrogens is 1.